The number of hydrogen-bond acceptors (Lipinski definition) is 3. The van der Waals surface area contributed by atoms with Gasteiger partial charge in [0.2, 0.25) is 0 Å². The van der Waals surface area contributed by atoms with Crippen LogP contribution < -0.4 is 5.32 Å². The van der Waals surface area contributed by atoms with E-state index in [2.05, 4.69) is 17.2 Å². The molecule has 0 atom stereocenters. The second kappa shape index (κ2) is 9.70. The molecule has 2 aromatic rings. The summed E-state index contributed by atoms with van der Waals surface area (Å²) < 4.78 is 16.3. The van der Waals surface area contributed by atoms with Crippen LogP contribution in [0.2, 0.25) is 5.15 Å². The number of nitrogens with one attached hydrogen (secondary N) is 1. The Morgan fingerprint density at radius 1 is 1.39 bits per heavy atom. The van der Waals surface area contributed by atoms with Crippen molar-refractivity contribution in [2.45, 2.75) is 71.8 Å². The lowest BCUT2D eigenvalue weighted by Gasteiger charge is -2.34. The molecule has 1 aromatic carbocycles. The fourth-order valence-corrected chi connectivity index (χ4v) is 4.50. The normalized spacial score (nSPS) is 21.5. The molecular formula is C24H33ClFN3O2. The lowest BCUT2D eigenvalue weighted by atomic mass is 9.79. The molecule has 1 aliphatic carbocycles. The lowest BCUT2D eigenvalue weighted by molar-refractivity contribution is -0.00543. The number of rotatable bonds is 7. The van der Waals surface area contributed by atoms with E-state index in [1.54, 1.807) is 16.7 Å². The summed E-state index contributed by atoms with van der Waals surface area (Å²) in [7, 11) is 0. The lowest BCUT2D eigenvalue weighted by Crippen LogP contribution is -2.45. The van der Waals surface area contributed by atoms with Gasteiger partial charge >= 0.3 is 0 Å². The third-order valence-corrected chi connectivity index (χ3v) is 6.48. The maximum atomic E-state index is 14.6. The van der Waals surface area contributed by atoms with Gasteiger partial charge in [-0.05, 0) is 61.6 Å². The molecule has 1 heterocycles. The van der Waals surface area contributed by atoms with Gasteiger partial charge in [-0.25, -0.2) is 9.37 Å². The number of halogens is 2. The molecule has 0 bridgehead atoms. The molecule has 0 spiro atoms. The van der Waals surface area contributed by atoms with Gasteiger partial charge in [0, 0.05) is 13.0 Å². The smallest absolute Gasteiger partial charge is 0.273 e. The summed E-state index contributed by atoms with van der Waals surface area (Å²) in [6.45, 7) is 8.35. The molecule has 0 saturated heterocycles. The first-order valence-corrected chi connectivity index (χ1v) is 11.6. The highest BCUT2D eigenvalue weighted by atomic mass is 35.5. The Bertz CT molecular complexity index is 933. The Hall–Kier alpha value is -1.92. The molecule has 0 unspecified atom stereocenters. The molecule has 2 N–H and O–H groups in total. The molecule has 1 fully saturated rings. The van der Waals surface area contributed by atoms with Crippen molar-refractivity contribution >= 4 is 17.5 Å². The van der Waals surface area contributed by atoms with Crippen LogP contribution in [0.3, 0.4) is 0 Å². The zero-order valence-electron chi connectivity index (χ0n) is 18.8. The second-order valence-corrected chi connectivity index (χ2v) is 9.68. The third kappa shape index (κ3) is 5.47. The van der Waals surface area contributed by atoms with Crippen LogP contribution in [0, 0.1) is 17.7 Å². The number of imidazole rings is 1. The van der Waals surface area contributed by atoms with E-state index >= 15 is 0 Å². The number of hydrogen-bond donors (Lipinski definition) is 2. The summed E-state index contributed by atoms with van der Waals surface area (Å²) in [5.74, 6) is 0.804. The first-order chi connectivity index (χ1) is 14.6. The summed E-state index contributed by atoms with van der Waals surface area (Å²) in [6.07, 6.45) is 4.40. The number of carbonyl (C=O) groups is 1. The number of benzene rings is 1. The molecule has 1 aromatic heterocycles. The highest BCUT2D eigenvalue weighted by Gasteiger charge is 2.33. The van der Waals surface area contributed by atoms with Crippen molar-refractivity contribution in [2.75, 3.05) is 6.54 Å². The first kappa shape index (κ1) is 23.7. The van der Waals surface area contributed by atoms with Gasteiger partial charge in [-0.2, -0.15) is 0 Å². The van der Waals surface area contributed by atoms with Crippen LogP contribution in [0.4, 0.5) is 4.39 Å². The summed E-state index contributed by atoms with van der Waals surface area (Å²) in [6, 6.07) is 5.01. The van der Waals surface area contributed by atoms with Crippen molar-refractivity contribution in [3.05, 3.63) is 46.3 Å². The van der Waals surface area contributed by atoms with Crippen molar-refractivity contribution < 1.29 is 14.3 Å². The molecule has 0 aliphatic heterocycles. The van der Waals surface area contributed by atoms with Crippen LogP contribution in [0.25, 0.3) is 5.69 Å². The molecular weight excluding hydrogens is 417 g/mol. The van der Waals surface area contributed by atoms with Crippen LogP contribution in [0.5, 0.6) is 0 Å². The van der Waals surface area contributed by atoms with Gasteiger partial charge < -0.3 is 10.4 Å². The first-order valence-electron chi connectivity index (χ1n) is 11.2. The largest absolute Gasteiger partial charge is 0.388 e. The van der Waals surface area contributed by atoms with E-state index in [1.165, 1.54) is 6.07 Å². The van der Waals surface area contributed by atoms with E-state index in [9.17, 15) is 14.3 Å². The molecule has 1 amide bonds. The Morgan fingerprint density at radius 3 is 2.65 bits per heavy atom. The standard InChI is InChI=1S/C24H33ClFN3O2/c1-5-20-28-21(23(30)27-14-24(31)10-8-16(4)9-11-24)22(25)29(20)18-7-6-17(12-15(2)3)19(26)13-18/h6-7,13,15-16,31H,5,8-12,14H2,1-4H3,(H,27,30). The van der Waals surface area contributed by atoms with E-state index in [-0.39, 0.29) is 23.2 Å². The van der Waals surface area contributed by atoms with Gasteiger partial charge in [0.25, 0.3) is 5.91 Å². The van der Waals surface area contributed by atoms with Crippen LogP contribution in [-0.2, 0) is 12.8 Å². The molecule has 3 rings (SSSR count). The van der Waals surface area contributed by atoms with Crippen molar-refractivity contribution in [2.24, 2.45) is 11.8 Å². The van der Waals surface area contributed by atoms with E-state index in [0.717, 1.165) is 12.8 Å². The molecule has 7 heteroatoms. The number of nitrogens with zero attached hydrogens (tertiary/aromatic N) is 2. The SMILES string of the molecule is CCc1nc(C(=O)NCC2(O)CCC(C)CC2)c(Cl)n1-c1ccc(CC(C)C)c(F)c1. The van der Waals surface area contributed by atoms with Crippen molar-refractivity contribution in [1.29, 1.82) is 0 Å². The minimum atomic E-state index is -0.889. The number of aliphatic hydroxyl groups is 1. The van der Waals surface area contributed by atoms with Gasteiger partial charge in [0.1, 0.15) is 16.8 Å². The van der Waals surface area contributed by atoms with Crippen LogP contribution in [0.1, 0.15) is 75.3 Å². The monoisotopic (exact) mass is 449 g/mol. The zero-order chi connectivity index (χ0) is 22.8. The summed E-state index contributed by atoms with van der Waals surface area (Å²) >= 11 is 6.54. The van der Waals surface area contributed by atoms with E-state index in [4.69, 9.17) is 11.6 Å². The Kier molecular flexibility index (Phi) is 7.43. The highest BCUT2D eigenvalue weighted by molar-refractivity contribution is 6.32. The van der Waals surface area contributed by atoms with Gasteiger partial charge in [-0.1, -0.05) is 45.4 Å². The summed E-state index contributed by atoms with van der Waals surface area (Å²) in [5, 5.41) is 13.7. The van der Waals surface area contributed by atoms with Crippen molar-refractivity contribution in [1.82, 2.24) is 14.9 Å². The number of carbonyl (C=O) groups excluding carboxylic acids is 1. The summed E-state index contributed by atoms with van der Waals surface area (Å²) in [4.78, 5) is 17.2. The van der Waals surface area contributed by atoms with Crippen molar-refractivity contribution in [3.8, 4) is 5.69 Å². The molecule has 31 heavy (non-hydrogen) atoms. The second-order valence-electron chi connectivity index (χ2n) is 9.32. The Morgan fingerprint density at radius 2 is 2.06 bits per heavy atom. The minimum Gasteiger partial charge on any atom is -0.388 e. The number of amides is 1. The predicted octanol–water partition coefficient (Wildman–Crippen LogP) is 5.10. The Balaban J connectivity index is 1.81. The van der Waals surface area contributed by atoms with E-state index in [0.29, 0.717) is 54.6 Å². The molecule has 5 nitrogen and oxygen atoms in total. The predicted molar refractivity (Wildman–Crippen MR) is 121 cm³/mol. The van der Waals surface area contributed by atoms with Crippen molar-refractivity contribution in [3.63, 3.8) is 0 Å². The average molecular weight is 450 g/mol. The van der Waals surface area contributed by atoms with E-state index < -0.39 is 11.5 Å². The maximum Gasteiger partial charge on any atom is 0.273 e. The fourth-order valence-electron chi connectivity index (χ4n) is 4.17. The highest BCUT2D eigenvalue weighted by Crippen LogP contribution is 2.31. The molecule has 1 saturated carbocycles. The Labute approximate surface area is 189 Å². The topological polar surface area (TPSA) is 67.2 Å². The van der Waals surface area contributed by atoms with Crippen LogP contribution in [-0.4, -0.2) is 32.7 Å². The molecule has 1 aliphatic rings. The van der Waals surface area contributed by atoms with Crippen LogP contribution in [0.15, 0.2) is 18.2 Å². The van der Waals surface area contributed by atoms with E-state index in [1.807, 2.05) is 20.8 Å². The van der Waals surface area contributed by atoms with Crippen LogP contribution >= 0.6 is 11.6 Å². The third-order valence-electron chi connectivity index (χ3n) is 6.13. The zero-order valence-corrected chi connectivity index (χ0v) is 19.6. The number of aryl methyl sites for hydroxylation is 1. The summed E-state index contributed by atoms with van der Waals surface area (Å²) in [5.41, 5.74) is 0.400. The van der Waals surface area contributed by atoms with Gasteiger partial charge in [-0.3, -0.25) is 9.36 Å². The molecule has 170 valence electrons. The quantitative estimate of drug-likeness (QED) is 0.618. The fraction of sp³-hybridized carbons (Fsp3) is 0.583. The maximum absolute atomic E-state index is 14.6. The van der Waals surface area contributed by atoms with Gasteiger partial charge in [0.05, 0.1) is 11.3 Å². The minimum absolute atomic E-state index is 0.0953. The average Bonchev–Trinajstić information content (AvgIpc) is 3.06. The van der Waals surface area contributed by atoms with Gasteiger partial charge in [0.15, 0.2) is 5.69 Å². The molecule has 0 radical (unpaired) electrons. The van der Waals surface area contributed by atoms with Gasteiger partial charge in [-0.15, -0.1) is 0 Å². The number of aromatic nitrogens is 2.